The minimum Gasteiger partial charge on any atom is -0.298 e. The van der Waals surface area contributed by atoms with Gasteiger partial charge in [-0.15, -0.1) is 0 Å². The van der Waals surface area contributed by atoms with E-state index in [-0.39, 0.29) is 49.3 Å². The number of Topliss-reactive ketones (excluding diaryl/α,β-unsaturated/α-hetero) is 1. The van der Waals surface area contributed by atoms with Crippen molar-refractivity contribution in [3.8, 4) is 0 Å². The normalized spacial score (nSPS) is 17.0. The van der Waals surface area contributed by atoms with E-state index in [2.05, 4.69) is 9.97 Å². The van der Waals surface area contributed by atoms with Gasteiger partial charge in [-0.1, -0.05) is 6.08 Å². The second-order valence-electron chi connectivity index (χ2n) is 8.77. The first-order chi connectivity index (χ1) is 16.4. The smallest absolute Gasteiger partial charge is 0.298 e. The molecular weight excluding hydrogens is 486 g/mol. The second-order valence-corrected chi connectivity index (χ2v) is 10.7. The predicted molar refractivity (Wildman–Crippen MR) is 122 cm³/mol. The molecule has 0 radical (unpaired) electrons. The Labute approximate surface area is 202 Å². The number of carbonyl (C=O) groups is 1. The van der Waals surface area contributed by atoms with Gasteiger partial charge in [0.05, 0.1) is 23.1 Å². The summed E-state index contributed by atoms with van der Waals surface area (Å²) in [5.74, 6) is -2.24. The molecule has 0 aliphatic heterocycles. The fourth-order valence-corrected chi connectivity index (χ4v) is 5.50. The highest BCUT2D eigenvalue weighted by atomic mass is 32.2. The van der Waals surface area contributed by atoms with Gasteiger partial charge in [0.2, 0.25) is 10.0 Å². The summed E-state index contributed by atoms with van der Waals surface area (Å²) in [7, 11) is -4.00. The molecule has 0 saturated heterocycles. The summed E-state index contributed by atoms with van der Waals surface area (Å²) in [6, 6.07) is 5.56. The van der Waals surface area contributed by atoms with Gasteiger partial charge in [-0.3, -0.25) is 4.79 Å². The SMILES string of the molecule is CC(C)N(CC(=O)CCc1cc(C2=CCC(C(F)(F)F)CC2)ncn1)S(=O)(=O)c1ccc(F)cc1. The number of benzene rings is 1. The highest BCUT2D eigenvalue weighted by Crippen LogP contribution is 2.39. The van der Waals surface area contributed by atoms with Gasteiger partial charge in [0.1, 0.15) is 17.9 Å². The highest BCUT2D eigenvalue weighted by Gasteiger charge is 2.39. The van der Waals surface area contributed by atoms with Gasteiger partial charge >= 0.3 is 6.18 Å². The molecule has 1 aliphatic carbocycles. The van der Waals surface area contributed by atoms with E-state index in [0.717, 1.165) is 34.1 Å². The molecule has 1 aromatic carbocycles. The molecule has 2 aromatic rings. The van der Waals surface area contributed by atoms with Crippen LogP contribution < -0.4 is 0 Å². The number of ketones is 1. The molecule has 0 saturated carbocycles. The Hall–Kier alpha value is -2.66. The van der Waals surface area contributed by atoms with E-state index in [1.54, 1.807) is 26.0 Å². The van der Waals surface area contributed by atoms with Crippen LogP contribution in [0.15, 0.2) is 47.6 Å². The zero-order chi connectivity index (χ0) is 25.8. The average molecular weight is 514 g/mol. The topological polar surface area (TPSA) is 80.2 Å². The zero-order valence-electron chi connectivity index (χ0n) is 19.4. The van der Waals surface area contributed by atoms with E-state index in [9.17, 15) is 30.8 Å². The number of aryl methyl sites for hydroxylation is 1. The Balaban J connectivity index is 1.64. The van der Waals surface area contributed by atoms with E-state index < -0.39 is 34.0 Å². The van der Waals surface area contributed by atoms with Crippen molar-refractivity contribution >= 4 is 21.4 Å². The molecule has 0 spiro atoms. The van der Waals surface area contributed by atoms with Gasteiger partial charge in [0.15, 0.2) is 0 Å². The van der Waals surface area contributed by atoms with E-state index >= 15 is 0 Å². The molecule has 0 amide bonds. The van der Waals surface area contributed by atoms with Crippen LogP contribution in [0.1, 0.15) is 50.9 Å². The molecule has 0 N–H and O–H groups in total. The summed E-state index contributed by atoms with van der Waals surface area (Å²) >= 11 is 0. The highest BCUT2D eigenvalue weighted by molar-refractivity contribution is 7.89. The Morgan fingerprint density at radius 1 is 1.17 bits per heavy atom. The maximum atomic E-state index is 13.2. The first-order valence-corrected chi connectivity index (χ1v) is 12.7. The van der Waals surface area contributed by atoms with Crippen molar-refractivity contribution < 1.29 is 30.8 Å². The number of halogens is 4. The largest absolute Gasteiger partial charge is 0.392 e. The molecule has 1 aromatic heterocycles. The second kappa shape index (κ2) is 10.9. The number of sulfonamides is 1. The number of hydrogen-bond acceptors (Lipinski definition) is 5. The zero-order valence-corrected chi connectivity index (χ0v) is 20.2. The van der Waals surface area contributed by atoms with Crippen LogP contribution in [0.25, 0.3) is 5.57 Å². The lowest BCUT2D eigenvalue weighted by Crippen LogP contribution is -2.40. The van der Waals surface area contributed by atoms with E-state index in [4.69, 9.17) is 0 Å². The summed E-state index contributed by atoms with van der Waals surface area (Å²) in [6.45, 7) is 2.94. The van der Waals surface area contributed by atoms with Crippen LogP contribution in [-0.4, -0.2) is 47.2 Å². The summed E-state index contributed by atoms with van der Waals surface area (Å²) < 4.78 is 78.9. The number of allylic oxidation sites excluding steroid dienone is 2. The number of hydrogen-bond donors (Lipinski definition) is 0. The molecule has 1 aliphatic rings. The molecule has 0 fully saturated rings. The van der Waals surface area contributed by atoms with E-state index in [1.807, 2.05) is 0 Å². The van der Waals surface area contributed by atoms with Crippen LogP contribution in [0.3, 0.4) is 0 Å². The Morgan fingerprint density at radius 2 is 1.86 bits per heavy atom. The van der Waals surface area contributed by atoms with E-state index in [0.29, 0.717) is 11.4 Å². The van der Waals surface area contributed by atoms with Gasteiger partial charge in [0.25, 0.3) is 0 Å². The van der Waals surface area contributed by atoms with Gasteiger partial charge in [-0.25, -0.2) is 22.8 Å². The van der Waals surface area contributed by atoms with Crippen molar-refractivity contribution in [2.45, 2.75) is 63.1 Å². The average Bonchev–Trinajstić information content (AvgIpc) is 2.81. The summed E-state index contributed by atoms with van der Waals surface area (Å²) in [4.78, 5) is 20.9. The van der Waals surface area contributed by atoms with Crippen LogP contribution >= 0.6 is 0 Å². The molecule has 1 atom stereocenters. The first-order valence-electron chi connectivity index (χ1n) is 11.2. The Morgan fingerprint density at radius 3 is 2.43 bits per heavy atom. The Bertz CT molecular complexity index is 1180. The van der Waals surface area contributed by atoms with Crippen molar-refractivity contribution in [3.05, 3.63) is 59.9 Å². The number of alkyl halides is 3. The molecule has 6 nitrogen and oxygen atoms in total. The maximum absolute atomic E-state index is 13.2. The van der Waals surface area contributed by atoms with Gasteiger partial charge < -0.3 is 0 Å². The van der Waals surface area contributed by atoms with Gasteiger partial charge in [0, 0.05) is 18.2 Å². The lowest BCUT2D eigenvalue weighted by molar-refractivity contribution is -0.175. The van der Waals surface area contributed by atoms with Crippen LogP contribution in [0.2, 0.25) is 0 Å². The van der Waals surface area contributed by atoms with Crippen molar-refractivity contribution in [2.75, 3.05) is 6.54 Å². The van der Waals surface area contributed by atoms with Crippen LogP contribution in [0.4, 0.5) is 17.6 Å². The van der Waals surface area contributed by atoms with Crippen molar-refractivity contribution in [3.63, 3.8) is 0 Å². The molecule has 11 heteroatoms. The van der Waals surface area contributed by atoms with Gasteiger partial charge in [-0.05, 0) is 75.4 Å². The minimum absolute atomic E-state index is 0.000716. The molecule has 35 heavy (non-hydrogen) atoms. The number of carbonyl (C=O) groups excluding carboxylic acids is 1. The molecule has 1 unspecified atom stereocenters. The standard InChI is InChI=1S/C24H27F4N3O3S/c1-16(2)31(35(33,34)22-11-7-19(25)8-12-22)14-21(32)10-9-20-13-23(30-15-29-20)17-3-5-18(6-4-17)24(26,27)28/h3,7-8,11-13,15-16,18H,4-6,9-10,14H2,1-2H3. The fourth-order valence-electron chi connectivity index (χ4n) is 3.88. The molecule has 0 bridgehead atoms. The summed E-state index contributed by atoms with van der Waals surface area (Å²) in [6.07, 6.45) is -0.934. The summed E-state index contributed by atoms with van der Waals surface area (Å²) in [5.41, 5.74) is 1.79. The minimum atomic E-state index is -4.22. The van der Waals surface area contributed by atoms with Crippen LogP contribution in [0.5, 0.6) is 0 Å². The van der Waals surface area contributed by atoms with Gasteiger partial charge in [-0.2, -0.15) is 17.5 Å². The molecular formula is C24H27F4N3O3S. The quantitative estimate of drug-likeness (QED) is 0.443. The summed E-state index contributed by atoms with van der Waals surface area (Å²) in [5, 5.41) is 0. The van der Waals surface area contributed by atoms with Crippen LogP contribution in [-0.2, 0) is 21.2 Å². The predicted octanol–water partition coefficient (Wildman–Crippen LogP) is 4.96. The number of rotatable bonds is 9. The Kier molecular flexibility index (Phi) is 8.42. The lowest BCUT2D eigenvalue weighted by atomic mass is 9.87. The van der Waals surface area contributed by atoms with Crippen molar-refractivity contribution in [2.24, 2.45) is 5.92 Å². The third-order valence-corrected chi connectivity index (χ3v) is 7.95. The third kappa shape index (κ3) is 6.94. The van der Waals surface area contributed by atoms with Crippen molar-refractivity contribution in [1.82, 2.24) is 14.3 Å². The van der Waals surface area contributed by atoms with E-state index in [1.165, 1.54) is 6.33 Å². The van der Waals surface area contributed by atoms with Crippen LogP contribution in [0, 0.1) is 11.7 Å². The molecule has 190 valence electrons. The first kappa shape index (κ1) is 26.9. The lowest BCUT2D eigenvalue weighted by Gasteiger charge is -2.25. The maximum Gasteiger partial charge on any atom is 0.392 e. The number of aromatic nitrogens is 2. The molecule has 1 heterocycles. The third-order valence-electron chi connectivity index (χ3n) is 5.91. The monoisotopic (exact) mass is 513 g/mol. The van der Waals surface area contributed by atoms with Crippen molar-refractivity contribution in [1.29, 1.82) is 0 Å². The molecule has 3 rings (SSSR count). The number of nitrogens with zero attached hydrogens (tertiary/aromatic N) is 3. The fraction of sp³-hybridized carbons (Fsp3) is 0.458.